The van der Waals surface area contributed by atoms with Gasteiger partial charge in [0.25, 0.3) is 0 Å². The summed E-state index contributed by atoms with van der Waals surface area (Å²) >= 11 is 1.97. The fourth-order valence-electron chi connectivity index (χ4n) is 2.06. The number of hydrogen-bond donors (Lipinski definition) is 0. The predicted molar refractivity (Wildman–Crippen MR) is 56.8 cm³/mol. The topological polar surface area (TPSA) is 17.1 Å². The highest BCUT2D eigenvalue weighted by atomic mass is 32.2. The molecule has 0 spiro atoms. The molecule has 2 aliphatic carbocycles. The van der Waals surface area contributed by atoms with E-state index in [9.17, 15) is 4.79 Å². The molecule has 0 amide bonds. The molecule has 0 radical (unpaired) electrons. The molecule has 0 aromatic heterocycles. The van der Waals surface area contributed by atoms with Crippen LogP contribution >= 0.6 is 11.8 Å². The third-order valence-electron chi connectivity index (χ3n) is 2.81. The Balaban J connectivity index is 1.83. The molecule has 13 heavy (non-hydrogen) atoms. The molecular weight excluding hydrogens is 180 g/mol. The van der Waals surface area contributed by atoms with E-state index in [4.69, 9.17) is 0 Å². The SMILES string of the molecule is O=C1C=C(SC2CCCCC2)CC1. The van der Waals surface area contributed by atoms with Gasteiger partial charge in [0.2, 0.25) is 0 Å². The average Bonchev–Trinajstić information content (AvgIpc) is 2.53. The highest BCUT2D eigenvalue weighted by Gasteiger charge is 2.19. The summed E-state index contributed by atoms with van der Waals surface area (Å²) in [5.41, 5.74) is 0. The standard InChI is InChI=1S/C11H16OS/c12-9-6-7-11(8-9)13-10-4-2-1-3-5-10/h8,10H,1-7H2. The molecule has 0 unspecified atom stereocenters. The van der Waals surface area contributed by atoms with Gasteiger partial charge in [0.15, 0.2) is 5.78 Å². The summed E-state index contributed by atoms with van der Waals surface area (Å²) in [4.78, 5) is 12.3. The molecule has 0 bridgehead atoms. The molecule has 0 aliphatic heterocycles. The molecule has 72 valence electrons. The maximum Gasteiger partial charge on any atom is 0.156 e. The quantitative estimate of drug-likeness (QED) is 0.674. The summed E-state index contributed by atoms with van der Waals surface area (Å²) in [5, 5.41) is 0.811. The molecule has 0 atom stereocenters. The minimum Gasteiger partial charge on any atom is -0.295 e. The van der Waals surface area contributed by atoms with Crippen LogP contribution < -0.4 is 0 Å². The van der Waals surface area contributed by atoms with Crippen molar-refractivity contribution >= 4 is 17.5 Å². The van der Waals surface area contributed by atoms with Gasteiger partial charge in [0.05, 0.1) is 0 Å². The van der Waals surface area contributed by atoms with Crippen LogP contribution in [-0.2, 0) is 4.79 Å². The normalized spacial score (nSPS) is 24.9. The molecular formula is C11H16OS. The maximum absolute atomic E-state index is 11.0. The van der Waals surface area contributed by atoms with Gasteiger partial charge in [-0.3, -0.25) is 4.79 Å². The number of carbonyl (C=O) groups is 1. The van der Waals surface area contributed by atoms with Crippen LogP contribution in [0.2, 0.25) is 0 Å². The van der Waals surface area contributed by atoms with E-state index >= 15 is 0 Å². The van der Waals surface area contributed by atoms with Crippen molar-refractivity contribution in [3.8, 4) is 0 Å². The molecule has 2 aliphatic rings. The Labute approximate surface area is 84.0 Å². The summed E-state index contributed by atoms with van der Waals surface area (Å²) in [6.45, 7) is 0. The summed E-state index contributed by atoms with van der Waals surface area (Å²) in [6.07, 6.45) is 10.5. The monoisotopic (exact) mass is 196 g/mol. The zero-order valence-electron chi connectivity index (χ0n) is 7.92. The zero-order chi connectivity index (χ0) is 9.10. The fraction of sp³-hybridized carbons (Fsp3) is 0.727. The van der Waals surface area contributed by atoms with Gasteiger partial charge in [0.1, 0.15) is 0 Å². The molecule has 0 aromatic carbocycles. The summed E-state index contributed by atoms with van der Waals surface area (Å²) in [6, 6.07) is 0. The second kappa shape index (κ2) is 4.32. The third-order valence-corrected chi connectivity index (χ3v) is 4.24. The lowest BCUT2D eigenvalue weighted by molar-refractivity contribution is -0.114. The van der Waals surface area contributed by atoms with Crippen LogP contribution in [0.4, 0.5) is 0 Å². The van der Waals surface area contributed by atoms with Crippen LogP contribution in [0.25, 0.3) is 0 Å². The van der Waals surface area contributed by atoms with E-state index in [1.807, 2.05) is 17.8 Å². The first-order valence-electron chi connectivity index (χ1n) is 5.24. The minimum absolute atomic E-state index is 0.332. The number of carbonyl (C=O) groups excluding carboxylic acids is 1. The van der Waals surface area contributed by atoms with E-state index in [2.05, 4.69) is 0 Å². The number of ketones is 1. The zero-order valence-corrected chi connectivity index (χ0v) is 8.74. The van der Waals surface area contributed by atoms with Gasteiger partial charge in [-0.25, -0.2) is 0 Å². The molecule has 0 saturated heterocycles. The molecule has 2 rings (SSSR count). The van der Waals surface area contributed by atoms with Gasteiger partial charge < -0.3 is 0 Å². The maximum atomic E-state index is 11.0. The Bertz CT molecular complexity index is 226. The molecule has 1 nitrogen and oxygen atoms in total. The lowest BCUT2D eigenvalue weighted by Gasteiger charge is -2.21. The van der Waals surface area contributed by atoms with Gasteiger partial charge in [-0.1, -0.05) is 19.3 Å². The van der Waals surface area contributed by atoms with Crippen molar-refractivity contribution in [1.82, 2.24) is 0 Å². The van der Waals surface area contributed by atoms with Crippen molar-refractivity contribution in [3.63, 3.8) is 0 Å². The van der Waals surface area contributed by atoms with E-state index in [0.717, 1.165) is 18.1 Å². The van der Waals surface area contributed by atoms with Crippen LogP contribution in [0.1, 0.15) is 44.9 Å². The van der Waals surface area contributed by atoms with E-state index in [-0.39, 0.29) is 0 Å². The number of thioether (sulfide) groups is 1. The van der Waals surface area contributed by atoms with Crippen LogP contribution in [-0.4, -0.2) is 11.0 Å². The van der Waals surface area contributed by atoms with E-state index in [1.54, 1.807) is 0 Å². The van der Waals surface area contributed by atoms with Gasteiger partial charge in [-0.05, 0) is 30.2 Å². The largest absolute Gasteiger partial charge is 0.295 e. The predicted octanol–water partition coefficient (Wildman–Crippen LogP) is 3.30. The number of hydrogen-bond acceptors (Lipinski definition) is 2. The second-order valence-electron chi connectivity index (χ2n) is 3.95. The first-order chi connectivity index (χ1) is 6.34. The Kier molecular flexibility index (Phi) is 3.09. The molecule has 0 N–H and O–H groups in total. The van der Waals surface area contributed by atoms with Crippen molar-refractivity contribution in [2.75, 3.05) is 0 Å². The lowest BCUT2D eigenvalue weighted by Crippen LogP contribution is -2.07. The fourth-order valence-corrected chi connectivity index (χ4v) is 3.48. The average molecular weight is 196 g/mol. The van der Waals surface area contributed by atoms with Crippen LogP contribution in [0, 0.1) is 0 Å². The molecule has 1 fully saturated rings. The number of allylic oxidation sites excluding steroid dienone is 2. The van der Waals surface area contributed by atoms with E-state index in [1.165, 1.54) is 37.0 Å². The number of rotatable bonds is 2. The van der Waals surface area contributed by atoms with E-state index < -0.39 is 0 Å². The molecule has 2 heteroatoms. The highest BCUT2D eigenvalue weighted by Crippen LogP contribution is 2.36. The summed E-state index contributed by atoms with van der Waals surface area (Å²) in [7, 11) is 0. The third kappa shape index (κ3) is 2.60. The van der Waals surface area contributed by atoms with Crippen LogP contribution in [0.15, 0.2) is 11.0 Å². The Morgan fingerprint density at radius 2 is 1.92 bits per heavy atom. The van der Waals surface area contributed by atoms with Crippen molar-refractivity contribution in [3.05, 3.63) is 11.0 Å². The van der Waals surface area contributed by atoms with Crippen molar-refractivity contribution in [2.45, 2.75) is 50.2 Å². The molecule has 1 saturated carbocycles. The first-order valence-corrected chi connectivity index (χ1v) is 6.12. The van der Waals surface area contributed by atoms with Crippen LogP contribution in [0.3, 0.4) is 0 Å². The van der Waals surface area contributed by atoms with Crippen molar-refractivity contribution in [2.24, 2.45) is 0 Å². The van der Waals surface area contributed by atoms with E-state index in [0.29, 0.717) is 5.78 Å². The van der Waals surface area contributed by atoms with Gasteiger partial charge in [-0.2, -0.15) is 0 Å². The summed E-state index contributed by atoms with van der Waals surface area (Å²) < 4.78 is 0. The summed E-state index contributed by atoms with van der Waals surface area (Å²) in [5.74, 6) is 0.332. The minimum atomic E-state index is 0.332. The Morgan fingerprint density at radius 3 is 2.54 bits per heavy atom. The smallest absolute Gasteiger partial charge is 0.156 e. The molecule has 0 heterocycles. The lowest BCUT2D eigenvalue weighted by atomic mass is 10.0. The second-order valence-corrected chi connectivity index (χ2v) is 5.38. The molecule has 0 aromatic rings. The van der Waals surface area contributed by atoms with Gasteiger partial charge >= 0.3 is 0 Å². The van der Waals surface area contributed by atoms with Crippen molar-refractivity contribution < 1.29 is 4.79 Å². The Morgan fingerprint density at radius 1 is 1.15 bits per heavy atom. The highest BCUT2D eigenvalue weighted by molar-refractivity contribution is 8.03. The Hall–Kier alpha value is -0.240. The first kappa shape index (κ1) is 9.32. The van der Waals surface area contributed by atoms with Crippen LogP contribution in [0.5, 0.6) is 0 Å². The van der Waals surface area contributed by atoms with Gasteiger partial charge in [-0.15, -0.1) is 11.8 Å². The van der Waals surface area contributed by atoms with Gasteiger partial charge in [0, 0.05) is 11.7 Å². The van der Waals surface area contributed by atoms with Crippen molar-refractivity contribution in [1.29, 1.82) is 0 Å².